The SMILES string of the molecule is CC1CN(C(=O)c2cccc3cc[nH]c23)CCN1C. The van der Waals surface area contributed by atoms with E-state index in [1.807, 2.05) is 35.4 Å². The minimum Gasteiger partial charge on any atom is -0.361 e. The van der Waals surface area contributed by atoms with Crippen LogP contribution in [0.4, 0.5) is 0 Å². The van der Waals surface area contributed by atoms with Crippen molar-refractivity contribution in [2.45, 2.75) is 13.0 Å². The van der Waals surface area contributed by atoms with Crippen molar-refractivity contribution in [2.75, 3.05) is 26.7 Å². The molecule has 0 bridgehead atoms. The number of hydrogen-bond acceptors (Lipinski definition) is 2. The number of hydrogen-bond donors (Lipinski definition) is 1. The molecule has 2 aromatic rings. The number of carbonyl (C=O) groups is 1. The molecule has 1 aromatic carbocycles. The van der Waals surface area contributed by atoms with Gasteiger partial charge in [0.1, 0.15) is 0 Å². The predicted molar refractivity (Wildman–Crippen MR) is 76.3 cm³/mol. The highest BCUT2D eigenvalue weighted by molar-refractivity contribution is 6.05. The van der Waals surface area contributed by atoms with Crippen molar-refractivity contribution in [3.8, 4) is 0 Å². The second-order valence-corrected chi connectivity index (χ2v) is 5.33. The number of benzene rings is 1. The molecule has 1 unspecified atom stereocenters. The molecule has 2 heterocycles. The van der Waals surface area contributed by atoms with Gasteiger partial charge >= 0.3 is 0 Å². The van der Waals surface area contributed by atoms with Crippen molar-refractivity contribution in [2.24, 2.45) is 0 Å². The first kappa shape index (κ1) is 12.2. The average Bonchev–Trinajstić information content (AvgIpc) is 2.89. The minimum absolute atomic E-state index is 0.132. The zero-order valence-corrected chi connectivity index (χ0v) is 11.4. The number of piperazine rings is 1. The Morgan fingerprint density at radius 1 is 1.32 bits per heavy atom. The van der Waals surface area contributed by atoms with E-state index in [4.69, 9.17) is 0 Å². The van der Waals surface area contributed by atoms with Gasteiger partial charge in [-0.25, -0.2) is 0 Å². The highest BCUT2D eigenvalue weighted by atomic mass is 16.2. The number of amides is 1. The molecule has 4 nitrogen and oxygen atoms in total. The zero-order chi connectivity index (χ0) is 13.4. The van der Waals surface area contributed by atoms with E-state index in [1.54, 1.807) is 0 Å². The highest BCUT2D eigenvalue weighted by Gasteiger charge is 2.26. The Morgan fingerprint density at radius 2 is 2.16 bits per heavy atom. The maximum Gasteiger partial charge on any atom is 0.256 e. The Morgan fingerprint density at radius 3 is 2.95 bits per heavy atom. The van der Waals surface area contributed by atoms with Gasteiger partial charge in [0.15, 0.2) is 0 Å². The number of carbonyl (C=O) groups excluding carboxylic acids is 1. The zero-order valence-electron chi connectivity index (χ0n) is 11.4. The number of likely N-dealkylation sites (N-methyl/N-ethyl adjacent to an activating group) is 1. The van der Waals surface area contributed by atoms with Gasteiger partial charge in [-0.05, 0) is 26.1 Å². The van der Waals surface area contributed by atoms with Crippen LogP contribution in [0.1, 0.15) is 17.3 Å². The Kier molecular flexibility index (Phi) is 3.03. The number of para-hydroxylation sites is 1. The summed E-state index contributed by atoms with van der Waals surface area (Å²) in [7, 11) is 2.11. The molecule has 1 fully saturated rings. The van der Waals surface area contributed by atoms with Gasteiger partial charge in [-0.1, -0.05) is 12.1 Å². The van der Waals surface area contributed by atoms with Gasteiger partial charge in [-0.2, -0.15) is 0 Å². The smallest absolute Gasteiger partial charge is 0.256 e. The predicted octanol–water partition coefficient (Wildman–Crippen LogP) is 1.94. The van der Waals surface area contributed by atoms with Crippen LogP contribution in [0.2, 0.25) is 0 Å². The molecule has 1 aromatic heterocycles. The maximum absolute atomic E-state index is 12.7. The molecule has 1 aliphatic rings. The van der Waals surface area contributed by atoms with Crippen LogP contribution in [-0.4, -0.2) is 53.4 Å². The summed E-state index contributed by atoms with van der Waals surface area (Å²) in [5.74, 6) is 0.132. The molecular formula is C15H19N3O. The Bertz CT molecular complexity index is 604. The molecule has 1 aliphatic heterocycles. The van der Waals surface area contributed by atoms with Crippen LogP contribution in [0.15, 0.2) is 30.5 Å². The van der Waals surface area contributed by atoms with E-state index in [-0.39, 0.29) is 5.91 Å². The lowest BCUT2D eigenvalue weighted by Crippen LogP contribution is -2.52. The Labute approximate surface area is 113 Å². The lowest BCUT2D eigenvalue weighted by Gasteiger charge is -2.37. The summed E-state index contributed by atoms with van der Waals surface area (Å²) in [6.07, 6.45) is 1.88. The second kappa shape index (κ2) is 4.70. The molecule has 3 rings (SSSR count). The van der Waals surface area contributed by atoms with Crippen LogP contribution < -0.4 is 0 Å². The third kappa shape index (κ3) is 2.12. The van der Waals surface area contributed by atoms with Gasteiger partial charge in [0.05, 0.1) is 11.1 Å². The molecule has 100 valence electrons. The van der Waals surface area contributed by atoms with Gasteiger partial charge in [0.2, 0.25) is 0 Å². The first-order chi connectivity index (χ1) is 9.16. The summed E-state index contributed by atoms with van der Waals surface area (Å²) in [6.45, 7) is 4.70. The van der Waals surface area contributed by atoms with Crippen LogP contribution in [-0.2, 0) is 0 Å². The summed E-state index contributed by atoms with van der Waals surface area (Å²) < 4.78 is 0. The fraction of sp³-hybridized carbons (Fsp3) is 0.400. The molecule has 0 aliphatic carbocycles. The van der Waals surface area contributed by atoms with Crippen LogP contribution in [0.3, 0.4) is 0 Å². The number of aromatic amines is 1. The number of H-pyrrole nitrogens is 1. The van der Waals surface area contributed by atoms with Crippen molar-refractivity contribution >= 4 is 16.8 Å². The fourth-order valence-electron chi connectivity index (χ4n) is 2.67. The van der Waals surface area contributed by atoms with E-state index in [2.05, 4.69) is 23.9 Å². The average molecular weight is 257 g/mol. The Hall–Kier alpha value is -1.81. The largest absolute Gasteiger partial charge is 0.361 e. The molecule has 1 saturated heterocycles. The van der Waals surface area contributed by atoms with E-state index in [0.29, 0.717) is 6.04 Å². The molecule has 1 amide bonds. The molecule has 0 saturated carbocycles. The maximum atomic E-state index is 12.7. The summed E-state index contributed by atoms with van der Waals surface area (Å²) in [5, 5.41) is 1.09. The first-order valence-electron chi connectivity index (χ1n) is 6.72. The van der Waals surface area contributed by atoms with Gasteiger partial charge in [-0.15, -0.1) is 0 Å². The Balaban J connectivity index is 1.90. The standard InChI is InChI=1S/C15H19N3O/c1-11-10-18(9-8-17(11)2)15(19)13-5-3-4-12-6-7-16-14(12)13/h3-7,11,16H,8-10H2,1-2H3. The number of nitrogens with zero attached hydrogens (tertiary/aromatic N) is 2. The third-order valence-corrected chi connectivity index (χ3v) is 4.06. The highest BCUT2D eigenvalue weighted by Crippen LogP contribution is 2.20. The normalized spacial score (nSPS) is 20.9. The molecule has 4 heteroatoms. The van der Waals surface area contributed by atoms with Gasteiger partial charge in [0, 0.05) is 37.3 Å². The molecule has 1 atom stereocenters. The van der Waals surface area contributed by atoms with Gasteiger partial charge in [-0.3, -0.25) is 4.79 Å². The van der Waals surface area contributed by atoms with Crippen LogP contribution in [0.5, 0.6) is 0 Å². The molecule has 0 spiro atoms. The van der Waals surface area contributed by atoms with E-state index < -0.39 is 0 Å². The summed E-state index contributed by atoms with van der Waals surface area (Å²) in [4.78, 5) is 20.1. The quantitative estimate of drug-likeness (QED) is 0.848. The van der Waals surface area contributed by atoms with E-state index in [9.17, 15) is 4.79 Å². The summed E-state index contributed by atoms with van der Waals surface area (Å²) in [5.41, 5.74) is 1.72. The van der Waals surface area contributed by atoms with Crippen molar-refractivity contribution in [3.63, 3.8) is 0 Å². The van der Waals surface area contributed by atoms with Crippen LogP contribution in [0.25, 0.3) is 10.9 Å². The number of nitrogens with one attached hydrogen (secondary N) is 1. The lowest BCUT2D eigenvalue weighted by atomic mass is 10.1. The lowest BCUT2D eigenvalue weighted by molar-refractivity contribution is 0.0574. The summed E-state index contributed by atoms with van der Waals surface area (Å²) in [6, 6.07) is 8.29. The van der Waals surface area contributed by atoms with Crippen molar-refractivity contribution in [1.29, 1.82) is 0 Å². The van der Waals surface area contributed by atoms with E-state index in [1.165, 1.54) is 0 Å². The third-order valence-electron chi connectivity index (χ3n) is 4.06. The topological polar surface area (TPSA) is 39.3 Å². The van der Waals surface area contributed by atoms with Gasteiger partial charge < -0.3 is 14.8 Å². The van der Waals surface area contributed by atoms with Crippen LogP contribution >= 0.6 is 0 Å². The number of aromatic nitrogens is 1. The van der Waals surface area contributed by atoms with Crippen molar-refractivity contribution < 1.29 is 4.79 Å². The monoisotopic (exact) mass is 257 g/mol. The number of fused-ring (bicyclic) bond motifs is 1. The van der Waals surface area contributed by atoms with Gasteiger partial charge in [0.25, 0.3) is 5.91 Å². The van der Waals surface area contributed by atoms with Crippen LogP contribution in [0, 0.1) is 0 Å². The first-order valence-corrected chi connectivity index (χ1v) is 6.72. The van der Waals surface area contributed by atoms with E-state index >= 15 is 0 Å². The van der Waals surface area contributed by atoms with Crippen molar-refractivity contribution in [1.82, 2.24) is 14.8 Å². The molecule has 19 heavy (non-hydrogen) atoms. The molecule has 0 radical (unpaired) electrons. The summed E-state index contributed by atoms with van der Waals surface area (Å²) >= 11 is 0. The minimum atomic E-state index is 0.132. The molecule has 1 N–H and O–H groups in total. The second-order valence-electron chi connectivity index (χ2n) is 5.33. The fourth-order valence-corrected chi connectivity index (χ4v) is 2.67. The molecular weight excluding hydrogens is 238 g/mol. The van der Waals surface area contributed by atoms with Crippen molar-refractivity contribution in [3.05, 3.63) is 36.0 Å². The number of rotatable bonds is 1. The van der Waals surface area contributed by atoms with E-state index in [0.717, 1.165) is 36.1 Å².